The van der Waals surface area contributed by atoms with E-state index in [0.717, 1.165) is 61.3 Å². The average Bonchev–Trinajstić information content (AvgIpc) is 3.56. The number of aromatic hydroxyl groups is 1. The summed E-state index contributed by atoms with van der Waals surface area (Å²) >= 11 is 0. The number of rotatable bonds is 3. The van der Waals surface area contributed by atoms with Crippen LogP contribution in [-0.2, 0) is 10.8 Å². The normalized spacial score (nSPS) is 12.6. The zero-order chi connectivity index (χ0) is 32.7. The Balaban J connectivity index is 1.49. The summed E-state index contributed by atoms with van der Waals surface area (Å²) in [6.45, 7) is 13.4. The Morgan fingerprint density at radius 1 is 0.596 bits per heavy atom. The van der Waals surface area contributed by atoms with Crippen molar-refractivity contribution in [3.05, 3.63) is 127 Å². The Labute approximate surface area is 274 Å². The molecule has 0 aliphatic heterocycles. The maximum absolute atomic E-state index is 11.0. The van der Waals surface area contributed by atoms with E-state index in [1.807, 2.05) is 30.5 Å². The first kappa shape index (κ1) is 29.0. The molecule has 8 rings (SSSR count). The molecule has 5 nitrogen and oxygen atoms in total. The van der Waals surface area contributed by atoms with Crippen LogP contribution >= 0.6 is 0 Å². The van der Waals surface area contributed by atoms with Crippen LogP contribution in [0.4, 0.5) is 0 Å². The van der Waals surface area contributed by atoms with Gasteiger partial charge in [-0.1, -0.05) is 90.1 Å². The van der Waals surface area contributed by atoms with Crippen molar-refractivity contribution in [2.24, 2.45) is 0 Å². The lowest BCUT2D eigenvalue weighted by atomic mass is 9.83. The summed E-state index contributed by atoms with van der Waals surface area (Å²) in [7, 11) is 0. The largest absolute Gasteiger partial charge is 0.507 e. The Morgan fingerprint density at radius 2 is 1.30 bits per heavy atom. The lowest BCUT2D eigenvalue weighted by Gasteiger charge is -2.23. The second kappa shape index (κ2) is 10.3. The van der Waals surface area contributed by atoms with Crippen molar-refractivity contribution in [1.82, 2.24) is 19.1 Å². The van der Waals surface area contributed by atoms with Crippen molar-refractivity contribution in [3.8, 4) is 28.5 Å². The smallest absolute Gasteiger partial charge is 0.146 e. The molecule has 1 N–H and O–H groups in total. The van der Waals surface area contributed by atoms with Gasteiger partial charge in [-0.25, -0.2) is 9.97 Å². The lowest BCUT2D eigenvalue weighted by molar-refractivity contribution is 0.476. The van der Waals surface area contributed by atoms with Crippen LogP contribution in [0.5, 0.6) is 5.75 Å². The first-order chi connectivity index (χ1) is 22.5. The van der Waals surface area contributed by atoms with Gasteiger partial charge in [-0.2, -0.15) is 0 Å². The van der Waals surface area contributed by atoms with Crippen molar-refractivity contribution in [2.75, 3.05) is 0 Å². The molecule has 8 aromatic rings. The Hall–Kier alpha value is -5.42. The molecule has 0 radical (unpaired) electrons. The van der Waals surface area contributed by atoms with Crippen molar-refractivity contribution < 1.29 is 5.11 Å². The van der Waals surface area contributed by atoms with E-state index in [-0.39, 0.29) is 16.6 Å². The number of para-hydroxylation sites is 2. The number of nitrogens with zero attached hydrogens (tertiary/aromatic N) is 4. The SMILES string of the molecule is CC(C)(C)c1ccc(O)c(-c2ccc3c4ccccc4n(-c4cc(C(C)(C)C)c5c6ccccc6n(-c6ccccn6)c5c4)c3n2)c1. The van der Waals surface area contributed by atoms with E-state index in [0.29, 0.717) is 0 Å². The third-order valence-corrected chi connectivity index (χ3v) is 9.36. The van der Waals surface area contributed by atoms with E-state index in [1.165, 1.54) is 16.3 Å². The monoisotopic (exact) mass is 614 g/mol. The van der Waals surface area contributed by atoms with Gasteiger partial charge in [0.05, 0.1) is 27.9 Å². The zero-order valence-electron chi connectivity index (χ0n) is 27.7. The van der Waals surface area contributed by atoms with E-state index in [4.69, 9.17) is 9.97 Å². The molecule has 4 aromatic heterocycles. The van der Waals surface area contributed by atoms with Gasteiger partial charge in [0.15, 0.2) is 0 Å². The summed E-state index contributed by atoms with van der Waals surface area (Å²) < 4.78 is 4.57. The molecule has 0 atom stereocenters. The highest BCUT2D eigenvalue weighted by molar-refractivity contribution is 6.13. The number of aromatic nitrogens is 4. The third kappa shape index (κ3) is 4.60. The van der Waals surface area contributed by atoms with E-state index >= 15 is 0 Å². The highest BCUT2D eigenvalue weighted by Crippen LogP contribution is 2.42. The molecule has 5 heteroatoms. The van der Waals surface area contributed by atoms with E-state index < -0.39 is 0 Å². The number of pyridine rings is 2. The number of phenols is 1. The molecule has 232 valence electrons. The molecule has 0 spiro atoms. The van der Waals surface area contributed by atoms with Crippen molar-refractivity contribution in [1.29, 1.82) is 0 Å². The summed E-state index contributed by atoms with van der Waals surface area (Å²) in [5, 5.41) is 15.7. The van der Waals surface area contributed by atoms with E-state index in [1.54, 1.807) is 6.07 Å². The van der Waals surface area contributed by atoms with Gasteiger partial charge in [0, 0.05) is 33.3 Å². The summed E-state index contributed by atoms with van der Waals surface area (Å²) in [6.07, 6.45) is 1.85. The minimum atomic E-state index is -0.149. The van der Waals surface area contributed by atoms with Crippen molar-refractivity contribution >= 4 is 43.7 Å². The van der Waals surface area contributed by atoms with Crippen LogP contribution in [0.15, 0.2) is 115 Å². The maximum atomic E-state index is 11.0. The molecular weight excluding hydrogens is 576 g/mol. The molecule has 0 fully saturated rings. The first-order valence-electron chi connectivity index (χ1n) is 16.2. The molecule has 0 amide bonds. The van der Waals surface area contributed by atoms with Gasteiger partial charge < -0.3 is 5.11 Å². The standard InChI is InChI=1S/C42H38N4O/c1-41(2,3)26-18-21-37(47)31(23-26)33-20-19-29-28-13-7-9-15-34(28)45(40(29)44-33)27-24-32(42(4,5)6)39-30-14-8-10-16-35(30)46(36(39)25-27)38-17-11-12-22-43-38/h7-25,47H,1-6H3. The van der Waals surface area contributed by atoms with Crippen LogP contribution in [0.1, 0.15) is 52.7 Å². The van der Waals surface area contributed by atoms with Crippen LogP contribution in [0.2, 0.25) is 0 Å². The number of hydrogen-bond donors (Lipinski definition) is 1. The van der Waals surface area contributed by atoms with Crippen molar-refractivity contribution in [3.63, 3.8) is 0 Å². The van der Waals surface area contributed by atoms with Gasteiger partial charge >= 0.3 is 0 Å². The van der Waals surface area contributed by atoms with Crippen LogP contribution in [0.25, 0.3) is 66.5 Å². The molecule has 0 aliphatic carbocycles. The Bertz CT molecular complexity index is 2490. The summed E-state index contributed by atoms with van der Waals surface area (Å²) in [5.74, 6) is 1.11. The van der Waals surface area contributed by atoms with Crippen LogP contribution in [0.3, 0.4) is 0 Å². The van der Waals surface area contributed by atoms with Gasteiger partial charge in [0.1, 0.15) is 17.2 Å². The minimum absolute atomic E-state index is 0.0632. The van der Waals surface area contributed by atoms with Gasteiger partial charge in [-0.05, 0) is 82.6 Å². The van der Waals surface area contributed by atoms with Gasteiger partial charge in [-0.3, -0.25) is 9.13 Å². The second-order valence-corrected chi connectivity index (χ2v) is 14.6. The predicted molar refractivity (Wildman–Crippen MR) is 195 cm³/mol. The molecule has 47 heavy (non-hydrogen) atoms. The fraction of sp³-hybridized carbons (Fsp3) is 0.190. The molecule has 0 saturated heterocycles. The van der Waals surface area contributed by atoms with Crippen LogP contribution in [-0.4, -0.2) is 24.2 Å². The number of fused-ring (bicyclic) bond motifs is 6. The summed E-state index contributed by atoms with van der Waals surface area (Å²) in [6, 6.07) is 37.9. The van der Waals surface area contributed by atoms with Gasteiger partial charge in [0.25, 0.3) is 0 Å². The van der Waals surface area contributed by atoms with Gasteiger partial charge in [-0.15, -0.1) is 0 Å². The molecule has 0 aliphatic rings. The maximum Gasteiger partial charge on any atom is 0.146 e. The summed E-state index contributed by atoms with van der Waals surface area (Å²) in [4.78, 5) is 10.1. The first-order valence-corrected chi connectivity index (χ1v) is 16.2. The highest BCUT2D eigenvalue weighted by Gasteiger charge is 2.26. The van der Waals surface area contributed by atoms with E-state index in [9.17, 15) is 5.11 Å². The van der Waals surface area contributed by atoms with E-state index in [2.05, 4.69) is 130 Å². The zero-order valence-corrected chi connectivity index (χ0v) is 27.7. The molecule has 0 saturated carbocycles. The fourth-order valence-electron chi connectivity index (χ4n) is 6.99. The molecule has 0 bridgehead atoms. The fourth-order valence-corrected chi connectivity index (χ4v) is 6.99. The molecule has 4 aromatic carbocycles. The average molecular weight is 615 g/mol. The summed E-state index contributed by atoms with van der Waals surface area (Å²) in [5.41, 5.74) is 8.86. The second-order valence-electron chi connectivity index (χ2n) is 14.6. The topological polar surface area (TPSA) is 55.9 Å². The van der Waals surface area contributed by atoms with Gasteiger partial charge in [0.2, 0.25) is 0 Å². The molecule has 0 unspecified atom stereocenters. The third-order valence-electron chi connectivity index (χ3n) is 9.36. The lowest BCUT2D eigenvalue weighted by Crippen LogP contribution is -2.13. The van der Waals surface area contributed by atoms with Crippen molar-refractivity contribution in [2.45, 2.75) is 52.4 Å². The minimum Gasteiger partial charge on any atom is -0.507 e. The Kier molecular flexibility index (Phi) is 6.36. The van der Waals surface area contributed by atoms with Crippen LogP contribution in [0, 0.1) is 0 Å². The molecule has 4 heterocycles. The molecular formula is C42H38N4O. The van der Waals surface area contributed by atoms with Crippen LogP contribution < -0.4 is 0 Å². The highest BCUT2D eigenvalue weighted by atomic mass is 16.3. The predicted octanol–water partition coefficient (Wildman–Crippen LogP) is 10.6. The Morgan fingerprint density at radius 3 is 2.00 bits per heavy atom. The quantitative estimate of drug-likeness (QED) is 0.215. The number of phenolic OH excluding ortho intramolecular Hbond substituents is 1. The number of benzene rings is 4. The number of hydrogen-bond acceptors (Lipinski definition) is 3.